The number of benzene rings is 3. The monoisotopic (exact) mass is 366 g/mol. The van der Waals surface area contributed by atoms with E-state index in [2.05, 4.69) is 10.6 Å². The molecular weight excluding hydrogens is 350 g/mol. The molecule has 136 valence electrons. The number of hydrogen-bond donors (Lipinski definition) is 2. The van der Waals surface area contributed by atoms with Crippen molar-refractivity contribution in [3.63, 3.8) is 0 Å². The van der Waals surface area contributed by atoms with Crippen LogP contribution in [0.3, 0.4) is 0 Å². The predicted octanol–water partition coefficient (Wildman–Crippen LogP) is 4.33. The maximum atomic E-state index is 13.0. The second-order valence-electron chi connectivity index (χ2n) is 5.84. The van der Waals surface area contributed by atoms with Crippen LogP contribution in [0.25, 0.3) is 0 Å². The van der Waals surface area contributed by atoms with Gasteiger partial charge < -0.3 is 10.6 Å². The molecule has 0 aliphatic heterocycles. The first-order valence-corrected chi connectivity index (χ1v) is 8.21. The zero-order valence-corrected chi connectivity index (χ0v) is 14.2. The molecule has 0 saturated carbocycles. The number of rotatable bonds is 5. The standard InChI is InChI=1S/C21H16F2N2O2/c22-15-6-10-17(11-7-15)24-20(26)19(14-4-2-1-3-5-14)21(27)25-18-12-8-16(23)9-13-18/h1-13,19H,(H,24,26)(H,25,27). The highest BCUT2D eigenvalue weighted by atomic mass is 19.1. The summed E-state index contributed by atoms with van der Waals surface area (Å²) in [6, 6.07) is 19.0. The van der Waals surface area contributed by atoms with Crippen molar-refractivity contribution in [1.82, 2.24) is 0 Å². The van der Waals surface area contributed by atoms with Gasteiger partial charge in [0.05, 0.1) is 0 Å². The average molecular weight is 366 g/mol. The zero-order valence-electron chi connectivity index (χ0n) is 14.2. The molecule has 0 spiro atoms. The van der Waals surface area contributed by atoms with Crippen LogP contribution < -0.4 is 10.6 Å². The van der Waals surface area contributed by atoms with Crippen LogP contribution in [0.4, 0.5) is 20.2 Å². The minimum Gasteiger partial charge on any atom is -0.325 e. The van der Waals surface area contributed by atoms with Gasteiger partial charge in [-0.3, -0.25) is 9.59 Å². The summed E-state index contributed by atoms with van der Waals surface area (Å²) in [5.74, 6) is -3.12. The van der Waals surface area contributed by atoms with Gasteiger partial charge in [-0.1, -0.05) is 30.3 Å². The first-order chi connectivity index (χ1) is 13.0. The van der Waals surface area contributed by atoms with Gasteiger partial charge in [0.25, 0.3) is 0 Å². The minimum atomic E-state index is -1.14. The van der Waals surface area contributed by atoms with Gasteiger partial charge in [0.2, 0.25) is 11.8 Å². The van der Waals surface area contributed by atoms with Crippen LogP contribution in [-0.4, -0.2) is 11.8 Å². The van der Waals surface area contributed by atoms with Gasteiger partial charge in [-0.25, -0.2) is 8.78 Å². The maximum absolute atomic E-state index is 13.0. The minimum absolute atomic E-state index is 0.372. The van der Waals surface area contributed by atoms with Crippen molar-refractivity contribution in [2.45, 2.75) is 5.92 Å². The van der Waals surface area contributed by atoms with Gasteiger partial charge in [-0.15, -0.1) is 0 Å². The van der Waals surface area contributed by atoms with E-state index in [1.54, 1.807) is 30.3 Å². The molecule has 0 saturated heterocycles. The van der Waals surface area contributed by atoms with E-state index in [9.17, 15) is 18.4 Å². The fourth-order valence-corrected chi connectivity index (χ4v) is 2.56. The van der Waals surface area contributed by atoms with Crippen LogP contribution in [0.1, 0.15) is 11.5 Å². The van der Waals surface area contributed by atoms with Crippen molar-refractivity contribution in [2.75, 3.05) is 10.6 Å². The number of amides is 2. The smallest absolute Gasteiger partial charge is 0.241 e. The normalized spacial score (nSPS) is 10.5. The Hall–Kier alpha value is -3.54. The number of carbonyl (C=O) groups excluding carboxylic acids is 2. The van der Waals surface area contributed by atoms with E-state index >= 15 is 0 Å². The Kier molecular flexibility index (Phi) is 5.56. The molecule has 3 aromatic rings. The molecule has 0 aliphatic rings. The molecule has 2 amide bonds. The first-order valence-electron chi connectivity index (χ1n) is 8.21. The van der Waals surface area contributed by atoms with Gasteiger partial charge in [-0.2, -0.15) is 0 Å². The largest absolute Gasteiger partial charge is 0.325 e. The Morgan fingerprint density at radius 1 is 0.630 bits per heavy atom. The Labute approximate surface area is 154 Å². The second kappa shape index (κ2) is 8.23. The molecule has 0 aromatic heterocycles. The number of nitrogens with one attached hydrogen (secondary N) is 2. The van der Waals surface area contributed by atoms with Gasteiger partial charge in [-0.05, 0) is 54.1 Å². The number of carbonyl (C=O) groups is 2. The van der Waals surface area contributed by atoms with Crippen LogP contribution in [0.5, 0.6) is 0 Å². The molecule has 4 nitrogen and oxygen atoms in total. The van der Waals surface area contributed by atoms with Crippen molar-refractivity contribution in [2.24, 2.45) is 0 Å². The zero-order chi connectivity index (χ0) is 19.2. The summed E-state index contributed by atoms with van der Waals surface area (Å²) in [5.41, 5.74) is 1.24. The molecule has 0 fully saturated rings. The molecule has 2 N–H and O–H groups in total. The second-order valence-corrected chi connectivity index (χ2v) is 5.84. The average Bonchev–Trinajstić information content (AvgIpc) is 2.66. The highest BCUT2D eigenvalue weighted by Crippen LogP contribution is 2.21. The van der Waals surface area contributed by atoms with Crippen LogP contribution in [0.15, 0.2) is 78.9 Å². The van der Waals surface area contributed by atoms with Crippen molar-refractivity contribution in [1.29, 1.82) is 0 Å². The topological polar surface area (TPSA) is 58.2 Å². The molecule has 3 aromatic carbocycles. The van der Waals surface area contributed by atoms with E-state index in [0.29, 0.717) is 16.9 Å². The Bertz CT molecular complexity index is 867. The van der Waals surface area contributed by atoms with Crippen LogP contribution in [-0.2, 0) is 9.59 Å². The summed E-state index contributed by atoms with van der Waals surface area (Å²) in [6.07, 6.45) is 0. The van der Waals surface area contributed by atoms with Gasteiger partial charge in [0.15, 0.2) is 0 Å². The third-order valence-electron chi connectivity index (χ3n) is 3.88. The van der Waals surface area contributed by atoms with E-state index in [1.165, 1.54) is 48.5 Å². The van der Waals surface area contributed by atoms with Crippen molar-refractivity contribution < 1.29 is 18.4 Å². The van der Waals surface area contributed by atoms with Crippen molar-refractivity contribution in [3.8, 4) is 0 Å². The molecule has 3 rings (SSSR count). The van der Waals surface area contributed by atoms with E-state index in [1.807, 2.05) is 0 Å². The van der Waals surface area contributed by atoms with E-state index in [0.717, 1.165) is 0 Å². The lowest BCUT2D eigenvalue weighted by Gasteiger charge is -2.17. The molecule has 27 heavy (non-hydrogen) atoms. The lowest BCUT2D eigenvalue weighted by atomic mass is 9.97. The first kappa shape index (κ1) is 18.3. The molecular formula is C21H16F2N2O2. The number of halogens is 2. The quantitative estimate of drug-likeness (QED) is 0.661. The van der Waals surface area contributed by atoms with Crippen molar-refractivity contribution in [3.05, 3.63) is 96.1 Å². The summed E-state index contributed by atoms with van der Waals surface area (Å²) in [4.78, 5) is 25.5. The van der Waals surface area contributed by atoms with Crippen LogP contribution in [0, 0.1) is 11.6 Å². The van der Waals surface area contributed by atoms with Gasteiger partial charge in [0, 0.05) is 11.4 Å². The molecule has 0 heterocycles. The number of hydrogen-bond acceptors (Lipinski definition) is 2. The highest BCUT2D eigenvalue weighted by molar-refractivity contribution is 6.15. The van der Waals surface area contributed by atoms with E-state index < -0.39 is 29.4 Å². The highest BCUT2D eigenvalue weighted by Gasteiger charge is 2.28. The third-order valence-corrected chi connectivity index (χ3v) is 3.88. The molecule has 0 bridgehead atoms. The fraction of sp³-hybridized carbons (Fsp3) is 0.0476. The van der Waals surface area contributed by atoms with Gasteiger partial charge >= 0.3 is 0 Å². The summed E-state index contributed by atoms with van der Waals surface area (Å²) in [5, 5.41) is 5.23. The molecule has 6 heteroatoms. The van der Waals surface area contributed by atoms with Crippen LogP contribution >= 0.6 is 0 Å². The molecule has 0 unspecified atom stereocenters. The molecule has 0 radical (unpaired) electrons. The lowest BCUT2D eigenvalue weighted by molar-refractivity contribution is -0.125. The summed E-state index contributed by atoms with van der Waals surface area (Å²) in [6.45, 7) is 0. The Morgan fingerprint density at radius 2 is 1.04 bits per heavy atom. The maximum Gasteiger partial charge on any atom is 0.241 e. The summed E-state index contributed by atoms with van der Waals surface area (Å²) >= 11 is 0. The predicted molar refractivity (Wildman–Crippen MR) is 99.2 cm³/mol. The Balaban J connectivity index is 1.84. The SMILES string of the molecule is O=C(Nc1ccc(F)cc1)C(C(=O)Nc1ccc(F)cc1)c1ccccc1. The Morgan fingerprint density at radius 3 is 1.44 bits per heavy atom. The summed E-state index contributed by atoms with van der Waals surface area (Å²) < 4.78 is 26.1. The number of anilines is 2. The fourth-order valence-electron chi connectivity index (χ4n) is 2.56. The van der Waals surface area contributed by atoms with Crippen LogP contribution in [0.2, 0.25) is 0 Å². The van der Waals surface area contributed by atoms with E-state index in [4.69, 9.17) is 0 Å². The lowest BCUT2D eigenvalue weighted by Crippen LogP contribution is -2.32. The van der Waals surface area contributed by atoms with Crippen molar-refractivity contribution >= 4 is 23.2 Å². The van der Waals surface area contributed by atoms with Gasteiger partial charge in [0.1, 0.15) is 17.6 Å². The molecule has 0 atom stereocenters. The molecule has 0 aliphatic carbocycles. The third kappa shape index (κ3) is 4.76. The van der Waals surface area contributed by atoms with E-state index in [-0.39, 0.29) is 0 Å². The summed E-state index contributed by atoms with van der Waals surface area (Å²) in [7, 11) is 0.